The van der Waals surface area contributed by atoms with Gasteiger partial charge in [-0.3, -0.25) is 9.36 Å². The van der Waals surface area contributed by atoms with Crippen molar-refractivity contribution >= 4 is 23.4 Å². The van der Waals surface area contributed by atoms with Crippen LogP contribution >= 0.6 is 11.8 Å². The SMILES string of the molecule is COc1ccc(-n2c(SCC(=O)Nc3ccc(C)cc3)nnc2-c2cccc(OC)c2)cc1. The van der Waals surface area contributed by atoms with Crippen LogP contribution in [0.3, 0.4) is 0 Å². The van der Waals surface area contributed by atoms with Crippen LogP contribution in [-0.2, 0) is 4.79 Å². The summed E-state index contributed by atoms with van der Waals surface area (Å²) >= 11 is 1.32. The molecule has 0 atom stereocenters. The number of carbonyl (C=O) groups excluding carboxylic acids is 1. The number of aromatic nitrogens is 3. The quantitative estimate of drug-likeness (QED) is 0.373. The maximum absolute atomic E-state index is 12.5. The van der Waals surface area contributed by atoms with Gasteiger partial charge in [0.05, 0.1) is 20.0 Å². The molecule has 1 heterocycles. The minimum absolute atomic E-state index is 0.115. The fourth-order valence-electron chi connectivity index (χ4n) is 3.24. The Kier molecular flexibility index (Phi) is 6.95. The number of ether oxygens (including phenoxy) is 2. The molecule has 4 rings (SSSR count). The number of methoxy groups -OCH3 is 2. The van der Waals surface area contributed by atoms with Crippen LogP contribution in [-0.4, -0.2) is 40.6 Å². The molecule has 3 aromatic carbocycles. The zero-order valence-electron chi connectivity index (χ0n) is 18.6. The second-order valence-corrected chi connectivity index (χ2v) is 8.22. The van der Waals surface area contributed by atoms with Crippen LogP contribution in [0.5, 0.6) is 11.5 Å². The van der Waals surface area contributed by atoms with Crippen LogP contribution in [0.4, 0.5) is 5.69 Å². The van der Waals surface area contributed by atoms with Gasteiger partial charge in [-0.15, -0.1) is 10.2 Å². The Morgan fingerprint density at radius 2 is 1.67 bits per heavy atom. The van der Waals surface area contributed by atoms with Crippen molar-refractivity contribution in [1.29, 1.82) is 0 Å². The van der Waals surface area contributed by atoms with Crippen molar-refractivity contribution in [2.24, 2.45) is 0 Å². The molecule has 0 radical (unpaired) electrons. The molecule has 0 aliphatic rings. The molecule has 1 aromatic heterocycles. The van der Waals surface area contributed by atoms with Gasteiger partial charge < -0.3 is 14.8 Å². The van der Waals surface area contributed by atoms with Gasteiger partial charge in [-0.2, -0.15) is 0 Å². The molecule has 0 aliphatic heterocycles. The van der Waals surface area contributed by atoms with Crippen LogP contribution in [0.2, 0.25) is 0 Å². The number of carbonyl (C=O) groups is 1. The summed E-state index contributed by atoms with van der Waals surface area (Å²) in [5, 5.41) is 12.3. The zero-order valence-corrected chi connectivity index (χ0v) is 19.4. The number of thioether (sulfide) groups is 1. The maximum atomic E-state index is 12.5. The Bertz CT molecular complexity index is 1240. The number of hydrogen-bond acceptors (Lipinski definition) is 6. The summed E-state index contributed by atoms with van der Waals surface area (Å²) in [6, 6.07) is 23.0. The molecule has 4 aromatic rings. The predicted molar refractivity (Wildman–Crippen MR) is 130 cm³/mol. The van der Waals surface area contributed by atoms with Crippen LogP contribution in [0.1, 0.15) is 5.56 Å². The molecule has 0 saturated carbocycles. The molecule has 1 amide bonds. The molecular weight excluding hydrogens is 436 g/mol. The second kappa shape index (κ2) is 10.2. The van der Waals surface area contributed by atoms with Crippen molar-refractivity contribution in [3.8, 4) is 28.6 Å². The summed E-state index contributed by atoms with van der Waals surface area (Å²) < 4.78 is 12.6. The molecule has 0 aliphatic carbocycles. The first-order chi connectivity index (χ1) is 16.1. The number of nitrogens with zero attached hydrogens (tertiary/aromatic N) is 3. The van der Waals surface area contributed by atoms with Gasteiger partial charge in [-0.25, -0.2) is 0 Å². The van der Waals surface area contributed by atoms with Crippen molar-refractivity contribution in [3.63, 3.8) is 0 Å². The summed E-state index contributed by atoms with van der Waals surface area (Å²) in [6.07, 6.45) is 0. The van der Waals surface area contributed by atoms with Crippen molar-refractivity contribution in [1.82, 2.24) is 14.8 Å². The molecule has 33 heavy (non-hydrogen) atoms. The van der Waals surface area contributed by atoms with E-state index < -0.39 is 0 Å². The molecule has 0 spiro atoms. The lowest BCUT2D eigenvalue weighted by Gasteiger charge is -2.12. The van der Waals surface area contributed by atoms with E-state index in [0.29, 0.717) is 11.0 Å². The third kappa shape index (κ3) is 5.35. The van der Waals surface area contributed by atoms with Crippen LogP contribution in [0, 0.1) is 6.92 Å². The Labute approximate surface area is 196 Å². The highest BCUT2D eigenvalue weighted by Gasteiger charge is 2.18. The maximum Gasteiger partial charge on any atom is 0.234 e. The van der Waals surface area contributed by atoms with E-state index in [4.69, 9.17) is 9.47 Å². The molecule has 1 N–H and O–H groups in total. The molecule has 7 nitrogen and oxygen atoms in total. The van der Waals surface area contributed by atoms with Crippen molar-refractivity contribution in [3.05, 3.63) is 78.4 Å². The van der Waals surface area contributed by atoms with E-state index in [9.17, 15) is 4.79 Å². The fraction of sp³-hybridized carbons (Fsp3) is 0.160. The van der Waals surface area contributed by atoms with Gasteiger partial charge in [-0.05, 0) is 55.5 Å². The van der Waals surface area contributed by atoms with E-state index in [-0.39, 0.29) is 11.7 Å². The van der Waals surface area contributed by atoms with E-state index >= 15 is 0 Å². The molecule has 8 heteroatoms. The van der Waals surface area contributed by atoms with E-state index in [1.54, 1.807) is 14.2 Å². The van der Waals surface area contributed by atoms with Gasteiger partial charge in [-0.1, -0.05) is 41.6 Å². The van der Waals surface area contributed by atoms with Gasteiger partial charge in [0.25, 0.3) is 0 Å². The number of hydrogen-bond donors (Lipinski definition) is 1. The van der Waals surface area contributed by atoms with Gasteiger partial charge >= 0.3 is 0 Å². The van der Waals surface area contributed by atoms with Crippen LogP contribution in [0.15, 0.2) is 78.0 Å². The summed E-state index contributed by atoms with van der Waals surface area (Å²) in [5.41, 5.74) is 3.62. The third-order valence-electron chi connectivity index (χ3n) is 4.96. The average molecular weight is 461 g/mol. The number of aryl methyl sites for hydroxylation is 1. The highest BCUT2D eigenvalue weighted by atomic mass is 32.2. The van der Waals surface area contributed by atoms with Crippen molar-refractivity contribution in [2.75, 3.05) is 25.3 Å². The second-order valence-electron chi connectivity index (χ2n) is 7.27. The molecule has 168 valence electrons. The Balaban J connectivity index is 1.62. The Hall–Kier alpha value is -3.78. The number of anilines is 1. The predicted octanol–water partition coefficient (Wildman–Crippen LogP) is 4.99. The molecule has 0 fully saturated rings. The minimum Gasteiger partial charge on any atom is -0.497 e. The Morgan fingerprint density at radius 1 is 0.939 bits per heavy atom. The van der Waals surface area contributed by atoms with E-state index in [0.717, 1.165) is 34.0 Å². The summed E-state index contributed by atoms with van der Waals surface area (Å²) in [6.45, 7) is 2.01. The smallest absolute Gasteiger partial charge is 0.234 e. The number of rotatable bonds is 8. The van der Waals surface area contributed by atoms with Gasteiger partial charge in [0.15, 0.2) is 11.0 Å². The lowest BCUT2D eigenvalue weighted by molar-refractivity contribution is -0.113. The minimum atomic E-state index is -0.115. The van der Waals surface area contributed by atoms with E-state index in [1.165, 1.54) is 11.8 Å². The van der Waals surface area contributed by atoms with Crippen LogP contribution < -0.4 is 14.8 Å². The monoisotopic (exact) mass is 460 g/mol. The molecule has 0 bridgehead atoms. The van der Waals surface area contributed by atoms with Crippen molar-refractivity contribution in [2.45, 2.75) is 12.1 Å². The van der Waals surface area contributed by atoms with Crippen molar-refractivity contribution < 1.29 is 14.3 Å². The third-order valence-corrected chi connectivity index (χ3v) is 5.89. The summed E-state index contributed by atoms with van der Waals surface area (Å²) in [5.74, 6) is 2.21. The summed E-state index contributed by atoms with van der Waals surface area (Å²) in [4.78, 5) is 12.5. The van der Waals surface area contributed by atoms with E-state index in [1.807, 2.05) is 84.3 Å². The zero-order chi connectivity index (χ0) is 23.2. The molecule has 0 unspecified atom stereocenters. The average Bonchev–Trinajstić information content (AvgIpc) is 3.28. The van der Waals surface area contributed by atoms with E-state index in [2.05, 4.69) is 15.5 Å². The first-order valence-corrected chi connectivity index (χ1v) is 11.3. The van der Waals surface area contributed by atoms with Gasteiger partial charge in [0.2, 0.25) is 5.91 Å². The highest BCUT2D eigenvalue weighted by molar-refractivity contribution is 7.99. The Morgan fingerprint density at radius 3 is 2.36 bits per heavy atom. The molecule has 0 saturated heterocycles. The van der Waals surface area contributed by atoms with Gasteiger partial charge in [0, 0.05) is 16.9 Å². The number of benzene rings is 3. The number of nitrogens with one attached hydrogen (secondary N) is 1. The summed E-state index contributed by atoms with van der Waals surface area (Å²) in [7, 11) is 3.25. The lowest BCUT2D eigenvalue weighted by Crippen LogP contribution is -2.14. The lowest BCUT2D eigenvalue weighted by atomic mass is 10.2. The standard InChI is InChI=1S/C25H24N4O3S/c1-17-7-9-19(10-8-17)26-23(30)16-33-25-28-27-24(18-5-4-6-22(15-18)32-3)29(25)20-11-13-21(31-2)14-12-20/h4-15H,16H2,1-3H3,(H,26,30). The van der Waals surface area contributed by atoms with Gasteiger partial charge in [0.1, 0.15) is 11.5 Å². The highest BCUT2D eigenvalue weighted by Crippen LogP contribution is 2.30. The van der Waals surface area contributed by atoms with Crippen LogP contribution in [0.25, 0.3) is 17.1 Å². The topological polar surface area (TPSA) is 78.3 Å². The normalized spacial score (nSPS) is 10.6. The number of amides is 1. The fourth-order valence-corrected chi connectivity index (χ4v) is 3.99. The largest absolute Gasteiger partial charge is 0.497 e. The first kappa shape index (κ1) is 22.4. The molecular formula is C25H24N4O3S. The first-order valence-electron chi connectivity index (χ1n) is 10.3.